The quantitative estimate of drug-likeness (QED) is 0.804. The lowest BCUT2D eigenvalue weighted by molar-refractivity contribution is 0.0179. The standard InChI is InChI=1S/C14H19NO4S2/c1-11(16)12-4-3-5-13(8-12)21(17,18)15-9-14(19-2)6-7-20-10-14/h3-5,8,15H,6-7,9-10H2,1-2H3. The molecule has 0 aliphatic carbocycles. The molecule has 0 bridgehead atoms. The number of Topliss-reactive ketones (excluding diaryl/α,β-unsaturated/α-hetero) is 1. The molecule has 1 unspecified atom stereocenters. The van der Waals surface area contributed by atoms with Crippen molar-refractivity contribution in [2.45, 2.75) is 23.8 Å². The van der Waals surface area contributed by atoms with Gasteiger partial charge in [0.05, 0.1) is 10.5 Å². The van der Waals surface area contributed by atoms with Crippen molar-refractivity contribution >= 4 is 27.6 Å². The Kier molecular flexibility index (Phi) is 5.08. The highest BCUT2D eigenvalue weighted by molar-refractivity contribution is 7.99. The second-order valence-electron chi connectivity index (χ2n) is 5.10. The fourth-order valence-corrected chi connectivity index (χ4v) is 4.71. The molecule has 0 amide bonds. The molecule has 1 saturated heterocycles. The van der Waals surface area contributed by atoms with E-state index >= 15 is 0 Å². The number of hydrogen-bond donors (Lipinski definition) is 1. The van der Waals surface area contributed by atoms with Crippen LogP contribution in [0.4, 0.5) is 0 Å². The van der Waals surface area contributed by atoms with Crippen LogP contribution in [0, 0.1) is 0 Å². The van der Waals surface area contributed by atoms with Crippen LogP contribution in [0.15, 0.2) is 29.2 Å². The van der Waals surface area contributed by atoms with Crippen molar-refractivity contribution in [1.29, 1.82) is 0 Å². The topological polar surface area (TPSA) is 72.5 Å². The second kappa shape index (κ2) is 6.48. The summed E-state index contributed by atoms with van der Waals surface area (Å²) >= 11 is 1.75. The molecule has 1 aliphatic heterocycles. The zero-order valence-corrected chi connectivity index (χ0v) is 13.7. The van der Waals surface area contributed by atoms with Gasteiger partial charge in [-0.25, -0.2) is 13.1 Å². The summed E-state index contributed by atoms with van der Waals surface area (Å²) in [5.41, 5.74) is -0.0496. The number of ether oxygens (including phenoxy) is 1. The summed E-state index contributed by atoms with van der Waals surface area (Å²) in [5.74, 6) is 1.59. The van der Waals surface area contributed by atoms with E-state index < -0.39 is 15.6 Å². The van der Waals surface area contributed by atoms with Crippen LogP contribution in [-0.2, 0) is 14.8 Å². The zero-order valence-electron chi connectivity index (χ0n) is 12.1. The zero-order chi connectivity index (χ0) is 15.5. The van der Waals surface area contributed by atoms with Gasteiger partial charge in [0.15, 0.2) is 5.78 Å². The molecule has 2 rings (SSSR count). The van der Waals surface area contributed by atoms with Gasteiger partial charge in [-0.15, -0.1) is 0 Å². The predicted molar refractivity (Wildman–Crippen MR) is 83.3 cm³/mol. The number of sulfonamides is 1. The van der Waals surface area contributed by atoms with Gasteiger partial charge in [-0.05, 0) is 31.2 Å². The lowest BCUT2D eigenvalue weighted by Gasteiger charge is -2.26. The normalized spacial score (nSPS) is 22.4. The first-order valence-electron chi connectivity index (χ1n) is 6.62. The highest BCUT2D eigenvalue weighted by Gasteiger charge is 2.35. The third-order valence-electron chi connectivity index (χ3n) is 3.64. The molecule has 0 aromatic heterocycles. The van der Waals surface area contributed by atoms with Crippen molar-refractivity contribution in [2.75, 3.05) is 25.2 Å². The molecule has 1 fully saturated rings. The number of hydrogen-bond acceptors (Lipinski definition) is 5. The van der Waals surface area contributed by atoms with Crippen molar-refractivity contribution in [1.82, 2.24) is 4.72 Å². The first-order valence-corrected chi connectivity index (χ1v) is 9.26. The average Bonchev–Trinajstić information content (AvgIpc) is 2.95. The van der Waals surface area contributed by atoms with Crippen molar-refractivity contribution in [2.24, 2.45) is 0 Å². The van der Waals surface area contributed by atoms with Gasteiger partial charge in [0.1, 0.15) is 0 Å². The number of nitrogens with one attached hydrogen (secondary N) is 1. The Morgan fingerprint density at radius 2 is 2.24 bits per heavy atom. The number of carbonyl (C=O) groups excluding carboxylic acids is 1. The maximum atomic E-state index is 12.3. The number of carbonyl (C=O) groups is 1. The van der Waals surface area contributed by atoms with E-state index in [-0.39, 0.29) is 17.2 Å². The molecule has 1 atom stereocenters. The molecule has 1 heterocycles. The summed E-state index contributed by atoms with van der Waals surface area (Å²) in [6.07, 6.45) is 0.824. The first-order chi connectivity index (χ1) is 9.88. The monoisotopic (exact) mass is 329 g/mol. The van der Waals surface area contributed by atoms with E-state index in [1.54, 1.807) is 31.0 Å². The van der Waals surface area contributed by atoms with E-state index in [4.69, 9.17) is 4.74 Å². The van der Waals surface area contributed by atoms with Gasteiger partial charge in [0.25, 0.3) is 0 Å². The van der Waals surface area contributed by atoms with Crippen LogP contribution in [0.3, 0.4) is 0 Å². The summed E-state index contributed by atoms with van der Waals surface area (Å²) in [5, 5.41) is 0. The smallest absolute Gasteiger partial charge is 0.240 e. The number of rotatable bonds is 6. The molecule has 7 heteroatoms. The van der Waals surface area contributed by atoms with Gasteiger partial charge in [-0.1, -0.05) is 12.1 Å². The summed E-state index contributed by atoms with van der Waals surface area (Å²) in [6.45, 7) is 1.65. The molecule has 1 aliphatic rings. The van der Waals surface area contributed by atoms with Crippen molar-refractivity contribution in [3.05, 3.63) is 29.8 Å². The molecular formula is C14H19NO4S2. The van der Waals surface area contributed by atoms with Gasteiger partial charge in [0, 0.05) is 25.0 Å². The molecule has 5 nitrogen and oxygen atoms in total. The molecule has 0 radical (unpaired) electrons. The fraction of sp³-hybridized carbons (Fsp3) is 0.500. The van der Waals surface area contributed by atoms with Gasteiger partial charge < -0.3 is 4.74 Å². The Labute approximate surface area is 129 Å². The largest absolute Gasteiger partial charge is 0.376 e. The Morgan fingerprint density at radius 1 is 1.48 bits per heavy atom. The van der Waals surface area contributed by atoms with E-state index in [1.165, 1.54) is 19.1 Å². The number of thioether (sulfide) groups is 1. The van der Waals surface area contributed by atoms with E-state index in [1.807, 2.05) is 0 Å². The molecule has 1 aromatic carbocycles. The lowest BCUT2D eigenvalue weighted by atomic mass is 10.0. The van der Waals surface area contributed by atoms with E-state index in [9.17, 15) is 13.2 Å². The first kappa shape index (κ1) is 16.5. The molecule has 0 saturated carbocycles. The third-order valence-corrected chi connectivity index (χ3v) is 6.26. The van der Waals surface area contributed by atoms with Crippen molar-refractivity contribution in [3.8, 4) is 0 Å². The SMILES string of the molecule is COC1(CNS(=O)(=O)c2cccc(C(C)=O)c2)CCSC1. The maximum absolute atomic E-state index is 12.3. The van der Waals surface area contributed by atoms with Crippen LogP contribution in [0.25, 0.3) is 0 Å². The third kappa shape index (κ3) is 3.85. The summed E-state index contributed by atoms with van der Waals surface area (Å²) < 4.78 is 32.8. The number of ketones is 1. The van der Waals surface area contributed by atoms with Crippen molar-refractivity contribution < 1.29 is 17.9 Å². The lowest BCUT2D eigenvalue weighted by Crippen LogP contribution is -2.44. The van der Waals surface area contributed by atoms with Gasteiger partial charge in [0.2, 0.25) is 10.0 Å². The fourth-order valence-electron chi connectivity index (χ4n) is 2.15. The average molecular weight is 329 g/mol. The Balaban J connectivity index is 2.15. The van der Waals surface area contributed by atoms with Gasteiger partial charge in [-0.3, -0.25) is 4.79 Å². The molecule has 21 heavy (non-hydrogen) atoms. The van der Waals surface area contributed by atoms with Crippen LogP contribution in [0.1, 0.15) is 23.7 Å². The van der Waals surface area contributed by atoms with E-state index in [0.29, 0.717) is 5.56 Å². The Hall–Kier alpha value is -0.890. The predicted octanol–water partition coefficient (Wildman–Crippen LogP) is 1.69. The van der Waals surface area contributed by atoms with E-state index in [2.05, 4.69) is 4.72 Å². The van der Waals surface area contributed by atoms with Crippen LogP contribution in [0.5, 0.6) is 0 Å². The summed E-state index contributed by atoms with van der Waals surface area (Å²) in [4.78, 5) is 11.5. The Bertz CT molecular complexity index is 622. The Morgan fingerprint density at radius 3 is 2.81 bits per heavy atom. The molecular weight excluding hydrogens is 310 g/mol. The second-order valence-corrected chi connectivity index (χ2v) is 7.97. The number of methoxy groups -OCH3 is 1. The number of benzene rings is 1. The van der Waals surface area contributed by atoms with Crippen LogP contribution in [-0.4, -0.2) is 45.0 Å². The highest BCUT2D eigenvalue weighted by atomic mass is 32.2. The maximum Gasteiger partial charge on any atom is 0.240 e. The molecule has 0 spiro atoms. The highest BCUT2D eigenvalue weighted by Crippen LogP contribution is 2.30. The molecule has 1 aromatic rings. The minimum atomic E-state index is -3.64. The molecule has 116 valence electrons. The molecule has 1 N–H and O–H groups in total. The van der Waals surface area contributed by atoms with Gasteiger partial charge in [-0.2, -0.15) is 11.8 Å². The summed E-state index contributed by atoms with van der Waals surface area (Å²) in [7, 11) is -2.04. The van der Waals surface area contributed by atoms with Crippen LogP contribution < -0.4 is 4.72 Å². The van der Waals surface area contributed by atoms with Crippen LogP contribution >= 0.6 is 11.8 Å². The van der Waals surface area contributed by atoms with Gasteiger partial charge >= 0.3 is 0 Å². The minimum absolute atomic E-state index is 0.104. The van der Waals surface area contributed by atoms with E-state index in [0.717, 1.165) is 17.9 Å². The van der Waals surface area contributed by atoms with Crippen molar-refractivity contribution in [3.63, 3.8) is 0 Å². The summed E-state index contributed by atoms with van der Waals surface area (Å²) in [6, 6.07) is 6.06. The minimum Gasteiger partial charge on any atom is -0.376 e. The van der Waals surface area contributed by atoms with Crippen LogP contribution in [0.2, 0.25) is 0 Å².